The van der Waals surface area contributed by atoms with Gasteiger partial charge in [0.15, 0.2) is 5.82 Å². The van der Waals surface area contributed by atoms with Gasteiger partial charge in [0.2, 0.25) is 11.9 Å². The lowest BCUT2D eigenvalue weighted by atomic mass is 10.0. The summed E-state index contributed by atoms with van der Waals surface area (Å²) in [5.74, 6) is 1.33. The van der Waals surface area contributed by atoms with Crippen LogP contribution in [0.1, 0.15) is 48.8 Å². The van der Waals surface area contributed by atoms with Crippen LogP contribution in [0.3, 0.4) is 0 Å². The molecule has 40 heavy (non-hydrogen) atoms. The minimum atomic E-state index is 0.193. The highest BCUT2D eigenvalue weighted by atomic mass is 15.5. The van der Waals surface area contributed by atoms with Crippen molar-refractivity contribution in [2.45, 2.75) is 57.5 Å². The van der Waals surface area contributed by atoms with Gasteiger partial charge in [0, 0.05) is 50.0 Å². The summed E-state index contributed by atoms with van der Waals surface area (Å²) in [5, 5.41) is 17.0. The molecule has 3 heterocycles. The van der Waals surface area contributed by atoms with Gasteiger partial charge in [-0.2, -0.15) is 9.67 Å². The van der Waals surface area contributed by atoms with Crippen molar-refractivity contribution in [3.8, 4) is 17.1 Å². The van der Waals surface area contributed by atoms with E-state index in [1.165, 1.54) is 61.0 Å². The van der Waals surface area contributed by atoms with E-state index < -0.39 is 0 Å². The molecule has 9 nitrogen and oxygen atoms in total. The number of benzene rings is 2. The van der Waals surface area contributed by atoms with Gasteiger partial charge in [0.05, 0.1) is 5.69 Å². The summed E-state index contributed by atoms with van der Waals surface area (Å²) in [4.78, 5) is 9.73. The quantitative estimate of drug-likeness (QED) is 0.370. The molecule has 1 saturated carbocycles. The minimum Gasteiger partial charge on any atom is -0.366 e. The van der Waals surface area contributed by atoms with Crippen molar-refractivity contribution in [3.05, 3.63) is 71.3 Å². The number of aryl methyl sites for hydroxylation is 2. The maximum absolute atomic E-state index is 6.03. The van der Waals surface area contributed by atoms with E-state index in [0.717, 1.165) is 56.3 Å². The highest BCUT2D eigenvalue weighted by molar-refractivity contribution is 5.68. The van der Waals surface area contributed by atoms with Crippen LogP contribution in [-0.2, 0) is 19.4 Å². The van der Waals surface area contributed by atoms with Crippen LogP contribution in [-0.4, -0.2) is 67.0 Å². The Morgan fingerprint density at radius 3 is 2.45 bits per heavy atom. The fourth-order valence-electron chi connectivity index (χ4n) is 6.58. The molecule has 0 amide bonds. The number of aromatic nitrogens is 5. The van der Waals surface area contributed by atoms with E-state index in [4.69, 9.17) is 5.73 Å². The van der Waals surface area contributed by atoms with E-state index in [2.05, 4.69) is 90.0 Å². The molecule has 0 atom stereocenters. The molecule has 206 valence electrons. The van der Waals surface area contributed by atoms with E-state index in [1.54, 1.807) is 4.68 Å². The highest BCUT2D eigenvalue weighted by Crippen LogP contribution is 2.31. The van der Waals surface area contributed by atoms with Gasteiger partial charge in [-0.15, -0.1) is 15.3 Å². The summed E-state index contributed by atoms with van der Waals surface area (Å²) in [6, 6.07) is 19.9. The summed E-state index contributed by atoms with van der Waals surface area (Å²) in [6.45, 7) is 5.66. The third kappa shape index (κ3) is 5.19. The van der Waals surface area contributed by atoms with Crippen molar-refractivity contribution < 1.29 is 0 Å². The Labute approximate surface area is 235 Å². The zero-order chi connectivity index (χ0) is 26.9. The highest BCUT2D eigenvalue weighted by Gasteiger charge is 2.26. The Morgan fingerprint density at radius 1 is 0.850 bits per heavy atom. The minimum absolute atomic E-state index is 0.193. The zero-order valence-electron chi connectivity index (χ0n) is 23.0. The van der Waals surface area contributed by atoms with Crippen molar-refractivity contribution in [3.63, 3.8) is 0 Å². The molecule has 0 unspecified atom stereocenters. The summed E-state index contributed by atoms with van der Waals surface area (Å²) in [6.07, 6.45) is 8.65. The van der Waals surface area contributed by atoms with Crippen molar-refractivity contribution in [2.75, 3.05) is 37.2 Å². The molecule has 2 aromatic carbocycles. The van der Waals surface area contributed by atoms with Gasteiger partial charge >= 0.3 is 0 Å². The van der Waals surface area contributed by atoms with Crippen molar-refractivity contribution >= 4 is 17.6 Å². The number of rotatable bonds is 6. The predicted molar refractivity (Wildman–Crippen MR) is 158 cm³/mol. The van der Waals surface area contributed by atoms with Crippen LogP contribution in [0.2, 0.25) is 0 Å². The second-order valence-corrected chi connectivity index (χ2v) is 11.4. The SMILES string of the molecule is Nc1nc(Nc2ccc(CN3CCN(C4CCCC4)CC3)cc2)n(-c2cc3c(nn2)-c2ccccc2CCC3)n1. The summed E-state index contributed by atoms with van der Waals surface area (Å²) >= 11 is 0. The van der Waals surface area contributed by atoms with Crippen LogP contribution in [0.25, 0.3) is 17.1 Å². The molecule has 0 radical (unpaired) electrons. The van der Waals surface area contributed by atoms with Crippen LogP contribution in [0.15, 0.2) is 54.6 Å². The van der Waals surface area contributed by atoms with Gasteiger partial charge in [-0.25, -0.2) is 0 Å². The van der Waals surface area contributed by atoms with Gasteiger partial charge in [-0.05, 0) is 67.0 Å². The summed E-state index contributed by atoms with van der Waals surface area (Å²) < 4.78 is 1.65. The number of piperazine rings is 1. The standard InChI is InChI=1S/C31H37N9/c32-30-34-31(40(37-30)28-20-24-8-5-7-23-6-1-4-11-27(23)29(24)36-35-28)33-25-14-12-22(13-15-25)21-38-16-18-39(19-17-38)26-9-2-3-10-26/h1,4,6,11-15,20,26H,2-3,5,7-10,16-19,21H2,(H3,32,33,34,37). The largest absolute Gasteiger partial charge is 0.366 e. The molecule has 2 aliphatic carbocycles. The van der Waals surface area contributed by atoms with Gasteiger partial charge in [0.1, 0.15) is 0 Å². The monoisotopic (exact) mass is 535 g/mol. The van der Waals surface area contributed by atoms with E-state index in [-0.39, 0.29) is 5.95 Å². The van der Waals surface area contributed by atoms with E-state index in [9.17, 15) is 0 Å². The summed E-state index contributed by atoms with van der Waals surface area (Å²) in [7, 11) is 0. The second kappa shape index (κ2) is 11.0. The van der Waals surface area contributed by atoms with Crippen LogP contribution in [0, 0.1) is 0 Å². The first-order chi connectivity index (χ1) is 19.7. The lowest BCUT2D eigenvalue weighted by Crippen LogP contribution is -2.49. The Balaban J connectivity index is 1.04. The number of fused-ring (bicyclic) bond motifs is 3. The lowest BCUT2D eigenvalue weighted by Gasteiger charge is -2.38. The van der Waals surface area contributed by atoms with E-state index in [1.807, 2.05) is 0 Å². The number of hydrogen-bond acceptors (Lipinski definition) is 8. The van der Waals surface area contributed by atoms with Crippen LogP contribution >= 0.6 is 0 Å². The molecule has 0 spiro atoms. The maximum atomic E-state index is 6.03. The Hall–Kier alpha value is -3.82. The number of anilines is 3. The fraction of sp³-hybridized carbons (Fsp3) is 0.419. The third-order valence-electron chi connectivity index (χ3n) is 8.73. The second-order valence-electron chi connectivity index (χ2n) is 11.4. The molecule has 4 aromatic rings. The predicted octanol–water partition coefficient (Wildman–Crippen LogP) is 4.60. The number of nitrogens with two attached hydrogens (primary N) is 1. The topological polar surface area (TPSA) is 101 Å². The van der Waals surface area contributed by atoms with Crippen LogP contribution in [0.4, 0.5) is 17.6 Å². The molecule has 7 rings (SSSR count). The van der Waals surface area contributed by atoms with E-state index >= 15 is 0 Å². The number of nitrogens with one attached hydrogen (secondary N) is 1. The van der Waals surface area contributed by atoms with Gasteiger partial charge < -0.3 is 11.1 Å². The van der Waals surface area contributed by atoms with Gasteiger partial charge in [-0.1, -0.05) is 49.2 Å². The van der Waals surface area contributed by atoms with Crippen LogP contribution in [0.5, 0.6) is 0 Å². The molecular weight excluding hydrogens is 498 g/mol. The fourth-order valence-corrected chi connectivity index (χ4v) is 6.58. The number of hydrogen-bond donors (Lipinski definition) is 2. The normalized spacial score (nSPS) is 18.3. The lowest BCUT2D eigenvalue weighted by molar-refractivity contribution is 0.0937. The van der Waals surface area contributed by atoms with Crippen molar-refractivity contribution in [2.24, 2.45) is 0 Å². The summed E-state index contributed by atoms with van der Waals surface area (Å²) in [5.41, 5.74) is 12.9. The first-order valence-electron chi connectivity index (χ1n) is 14.7. The average molecular weight is 536 g/mol. The first kappa shape index (κ1) is 25.2. The molecule has 9 heteroatoms. The van der Waals surface area contributed by atoms with Crippen molar-refractivity contribution in [1.29, 1.82) is 0 Å². The third-order valence-corrected chi connectivity index (χ3v) is 8.73. The first-order valence-corrected chi connectivity index (χ1v) is 14.7. The molecule has 3 aliphatic rings. The van der Waals surface area contributed by atoms with E-state index in [0.29, 0.717) is 11.8 Å². The zero-order valence-corrected chi connectivity index (χ0v) is 23.0. The Bertz CT molecular complexity index is 1460. The smallest absolute Gasteiger partial charge is 0.241 e. The molecule has 2 aromatic heterocycles. The number of nitrogens with zero attached hydrogens (tertiary/aromatic N) is 7. The van der Waals surface area contributed by atoms with Gasteiger partial charge in [-0.3, -0.25) is 9.80 Å². The molecule has 1 aliphatic heterocycles. The maximum Gasteiger partial charge on any atom is 0.241 e. The molecular formula is C31H37N9. The van der Waals surface area contributed by atoms with Crippen LogP contribution < -0.4 is 11.1 Å². The molecule has 0 bridgehead atoms. The molecule has 2 fully saturated rings. The Kier molecular flexibility index (Phi) is 6.91. The Morgan fingerprint density at radius 2 is 1.62 bits per heavy atom. The average Bonchev–Trinajstić information content (AvgIpc) is 3.61. The van der Waals surface area contributed by atoms with Crippen molar-refractivity contribution in [1.82, 2.24) is 34.8 Å². The van der Waals surface area contributed by atoms with Gasteiger partial charge in [0.25, 0.3) is 0 Å². The molecule has 3 N–H and O–H groups in total. The number of nitrogen functional groups attached to an aromatic ring is 1. The molecule has 1 saturated heterocycles.